The zero-order valence-electron chi connectivity index (χ0n) is 16.1. The van der Waals surface area contributed by atoms with Crippen LogP contribution in [0.3, 0.4) is 0 Å². The fourth-order valence-corrected chi connectivity index (χ4v) is 3.95. The van der Waals surface area contributed by atoms with Crippen LogP contribution in [0.4, 0.5) is 5.69 Å². The molecule has 1 amide bonds. The fraction of sp³-hybridized carbons (Fsp3) is 0.350. The van der Waals surface area contributed by atoms with Gasteiger partial charge in [-0.2, -0.15) is 4.31 Å². The molecule has 27 heavy (non-hydrogen) atoms. The molecular weight excluding hydrogens is 362 g/mol. The van der Waals surface area contributed by atoms with Crippen molar-refractivity contribution in [3.8, 4) is 0 Å². The van der Waals surface area contributed by atoms with Gasteiger partial charge in [-0.25, -0.2) is 8.42 Å². The Balaban J connectivity index is 2.18. The average Bonchev–Trinajstić information content (AvgIpc) is 2.63. The maximum atomic E-state index is 12.7. The van der Waals surface area contributed by atoms with E-state index >= 15 is 0 Å². The Bertz CT molecular complexity index is 896. The number of hydrogen-bond acceptors (Lipinski definition) is 4. The molecule has 0 saturated carbocycles. The van der Waals surface area contributed by atoms with Crippen molar-refractivity contribution in [2.45, 2.75) is 44.2 Å². The lowest BCUT2D eigenvalue weighted by Gasteiger charge is -2.21. The monoisotopic (exact) mass is 389 g/mol. The third-order valence-electron chi connectivity index (χ3n) is 4.52. The van der Waals surface area contributed by atoms with Gasteiger partial charge in [0, 0.05) is 31.2 Å². The summed E-state index contributed by atoms with van der Waals surface area (Å²) in [5.74, 6) is -0.263. The minimum atomic E-state index is -3.62. The summed E-state index contributed by atoms with van der Waals surface area (Å²) in [4.78, 5) is 12.5. The molecule has 146 valence electrons. The van der Waals surface area contributed by atoms with E-state index in [0.29, 0.717) is 5.69 Å². The Morgan fingerprint density at radius 2 is 1.78 bits per heavy atom. The quantitative estimate of drug-likeness (QED) is 0.761. The van der Waals surface area contributed by atoms with Crippen LogP contribution in [0.2, 0.25) is 0 Å². The molecule has 6 nitrogen and oxygen atoms in total. The van der Waals surface area contributed by atoms with Crippen LogP contribution in [0.5, 0.6) is 0 Å². The van der Waals surface area contributed by atoms with E-state index in [1.54, 1.807) is 26.0 Å². The van der Waals surface area contributed by atoms with Crippen molar-refractivity contribution >= 4 is 21.6 Å². The Hall–Kier alpha value is -2.22. The SMILES string of the molecule is Cc1ccc(S(=O)(=O)N(C)C(C)C)cc1NC(=O)CC(N)c1ccccc1. The van der Waals surface area contributed by atoms with Gasteiger partial charge in [-0.1, -0.05) is 36.4 Å². The van der Waals surface area contributed by atoms with Crippen molar-refractivity contribution in [1.82, 2.24) is 4.31 Å². The molecule has 0 bridgehead atoms. The number of nitrogens with one attached hydrogen (secondary N) is 1. The van der Waals surface area contributed by atoms with Gasteiger partial charge in [0.05, 0.1) is 4.90 Å². The highest BCUT2D eigenvalue weighted by atomic mass is 32.2. The first kappa shape index (κ1) is 21.1. The van der Waals surface area contributed by atoms with Crippen molar-refractivity contribution in [1.29, 1.82) is 0 Å². The summed E-state index contributed by atoms with van der Waals surface area (Å²) in [6, 6.07) is 13.5. The van der Waals surface area contributed by atoms with E-state index in [1.165, 1.54) is 17.4 Å². The van der Waals surface area contributed by atoms with E-state index in [2.05, 4.69) is 5.32 Å². The second-order valence-electron chi connectivity index (χ2n) is 6.86. The van der Waals surface area contributed by atoms with E-state index in [-0.39, 0.29) is 23.3 Å². The predicted molar refractivity (Wildman–Crippen MR) is 108 cm³/mol. The summed E-state index contributed by atoms with van der Waals surface area (Å²) in [6.45, 7) is 5.42. The van der Waals surface area contributed by atoms with Crippen molar-refractivity contribution in [2.24, 2.45) is 5.73 Å². The summed E-state index contributed by atoms with van der Waals surface area (Å²) in [7, 11) is -2.08. The Labute approximate surface area is 161 Å². The second-order valence-corrected chi connectivity index (χ2v) is 8.86. The van der Waals surface area contributed by atoms with Gasteiger partial charge in [-0.15, -0.1) is 0 Å². The summed E-state index contributed by atoms with van der Waals surface area (Å²) in [5, 5.41) is 2.79. The molecule has 1 atom stereocenters. The number of nitrogens with zero attached hydrogens (tertiary/aromatic N) is 1. The first-order valence-electron chi connectivity index (χ1n) is 8.82. The van der Waals surface area contributed by atoms with Crippen LogP contribution in [-0.4, -0.2) is 31.7 Å². The molecular formula is C20H27N3O3S. The number of nitrogens with two attached hydrogens (primary N) is 1. The molecule has 3 N–H and O–H groups in total. The number of hydrogen-bond donors (Lipinski definition) is 2. The maximum Gasteiger partial charge on any atom is 0.243 e. The molecule has 7 heteroatoms. The molecule has 2 aromatic rings. The molecule has 0 aliphatic heterocycles. The number of carbonyl (C=O) groups excluding carboxylic acids is 1. The molecule has 2 rings (SSSR count). The van der Waals surface area contributed by atoms with E-state index in [1.807, 2.05) is 37.3 Å². The number of sulfonamides is 1. The summed E-state index contributed by atoms with van der Waals surface area (Å²) < 4.78 is 26.7. The number of carbonyl (C=O) groups is 1. The molecule has 0 aliphatic rings. The van der Waals surface area contributed by atoms with E-state index in [0.717, 1.165) is 11.1 Å². The van der Waals surface area contributed by atoms with Gasteiger partial charge in [0.2, 0.25) is 15.9 Å². The Kier molecular flexibility index (Phi) is 6.75. The first-order chi connectivity index (χ1) is 12.6. The Morgan fingerprint density at radius 3 is 2.37 bits per heavy atom. The Morgan fingerprint density at radius 1 is 1.15 bits per heavy atom. The van der Waals surface area contributed by atoms with Crippen molar-refractivity contribution in [3.05, 3.63) is 59.7 Å². The van der Waals surface area contributed by atoms with Crippen molar-refractivity contribution < 1.29 is 13.2 Å². The second kappa shape index (κ2) is 8.65. The van der Waals surface area contributed by atoms with Crippen LogP contribution >= 0.6 is 0 Å². The number of rotatable bonds is 7. The zero-order valence-corrected chi connectivity index (χ0v) is 17.0. The number of anilines is 1. The van der Waals surface area contributed by atoms with Crippen LogP contribution in [0, 0.1) is 6.92 Å². The van der Waals surface area contributed by atoms with Gasteiger partial charge in [0.25, 0.3) is 0 Å². The normalized spacial score (nSPS) is 13.0. The molecule has 2 aromatic carbocycles. The van der Waals surface area contributed by atoms with Gasteiger partial charge in [0.1, 0.15) is 0 Å². The smallest absolute Gasteiger partial charge is 0.243 e. The van der Waals surface area contributed by atoms with E-state index < -0.39 is 16.1 Å². The minimum absolute atomic E-state index is 0.103. The standard InChI is InChI=1S/C20H27N3O3S/c1-14(2)23(4)27(25,26)17-11-10-15(3)19(12-17)22-20(24)13-18(21)16-8-6-5-7-9-16/h5-12,14,18H,13,21H2,1-4H3,(H,22,24). The average molecular weight is 390 g/mol. The summed E-state index contributed by atoms with van der Waals surface area (Å²) in [6.07, 6.45) is 0.103. The molecule has 0 fully saturated rings. The van der Waals surface area contributed by atoms with Gasteiger partial charge < -0.3 is 11.1 Å². The topological polar surface area (TPSA) is 92.5 Å². The number of benzene rings is 2. The van der Waals surface area contributed by atoms with Crippen LogP contribution in [0.15, 0.2) is 53.4 Å². The predicted octanol–water partition coefficient (Wildman–Crippen LogP) is 3.05. The van der Waals surface area contributed by atoms with Crippen LogP contribution in [-0.2, 0) is 14.8 Å². The van der Waals surface area contributed by atoms with Gasteiger partial charge in [-0.05, 0) is 44.0 Å². The van der Waals surface area contributed by atoms with Gasteiger partial charge in [-0.3, -0.25) is 4.79 Å². The maximum absolute atomic E-state index is 12.7. The lowest BCUT2D eigenvalue weighted by Crippen LogP contribution is -2.33. The fourth-order valence-electron chi connectivity index (χ4n) is 2.56. The molecule has 0 saturated heterocycles. The molecule has 0 spiro atoms. The molecule has 0 heterocycles. The van der Waals surface area contributed by atoms with Gasteiger partial charge >= 0.3 is 0 Å². The van der Waals surface area contributed by atoms with Crippen molar-refractivity contribution in [2.75, 3.05) is 12.4 Å². The highest BCUT2D eigenvalue weighted by molar-refractivity contribution is 7.89. The largest absolute Gasteiger partial charge is 0.326 e. The molecule has 0 aliphatic carbocycles. The zero-order chi connectivity index (χ0) is 20.2. The van der Waals surface area contributed by atoms with E-state index in [9.17, 15) is 13.2 Å². The lowest BCUT2D eigenvalue weighted by molar-refractivity contribution is -0.116. The van der Waals surface area contributed by atoms with Crippen LogP contribution in [0.1, 0.15) is 37.4 Å². The van der Waals surface area contributed by atoms with Gasteiger partial charge in [0.15, 0.2) is 0 Å². The lowest BCUT2D eigenvalue weighted by atomic mass is 10.0. The number of aryl methyl sites for hydroxylation is 1. The summed E-state index contributed by atoms with van der Waals surface area (Å²) in [5.41, 5.74) is 8.22. The highest BCUT2D eigenvalue weighted by Crippen LogP contribution is 2.24. The first-order valence-corrected chi connectivity index (χ1v) is 10.3. The third kappa shape index (κ3) is 5.15. The molecule has 0 aromatic heterocycles. The third-order valence-corrected chi connectivity index (χ3v) is 6.55. The van der Waals surface area contributed by atoms with E-state index in [4.69, 9.17) is 5.73 Å². The van der Waals surface area contributed by atoms with Crippen LogP contribution < -0.4 is 11.1 Å². The molecule has 1 unspecified atom stereocenters. The number of amides is 1. The molecule has 0 radical (unpaired) electrons. The summed E-state index contributed by atoms with van der Waals surface area (Å²) >= 11 is 0. The van der Waals surface area contributed by atoms with Crippen molar-refractivity contribution in [3.63, 3.8) is 0 Å². The van der Waals surface area contributed by atoms with Crippen LogP contribution in [0.25, 0.3) is 0 Å². The minimum Gasteiger partial charge on any atom is -0.326 e. The highest BCUT2D eigenvalue weighted by Gasteiger charge is 2.24.